The molecule has 36 heavy (non-hydrogen) atoms. The van der Waals surface area contributed by atoms with Crippen molar-refractivity contribution in [1.29, 1.82) is 5.26 Å². The second-order valence-electron chi connectivity index (χ2n) is 8.57. The number of allylic oxidation sites excluding steroid dienone is 1. The Morgan fingerprint density at radius 3 is 2.89 bits per heavy atom. The highest BCUT2D eigenvalue weighted by Crippen LogP contribution is 2.36. The molecule has 0 fully saturated rings. The first kappa shape index (κ1) is 26.3. The number of halogens is 1. The summed E-state index contributed by atoms with van der Waals surface area (Å²) in [5, 5.41) is 23.2. The number of ether oxygens (including phenoxy) is 1. The predicted molar refractivity (Wildman–Crippen MR) is 145 cm³/mol. The fourth-order valence-corrected chi connectivity index (χ4v) is 6.43. The van der Waals surface area contributed by atoms with Gasteiger partial charge in [0.05, 0.1) is 11.3 Å². The number of hydrogen-bond donors (Lipinski definition) is 1. The van der Waals surface area contributed by atoms with Gasteiger partial charge in [0, 0.05) is 16.4 Å². The Hall–Kier alpha value is -2.80. The van der Waals surface area contributed by atoms with Crippen LogP contribution in [-0.4, -0.2) is 26.4 Å². The monoisotopic (exact) mass is 541 g/mol. The molecule has 0 saturated heterocycles. The molecule has 2 aromatic heterocycles. The molecule has 10 heteroatoms. The van der Waals surface area contributed by atoms with Crippen LogP contribution in [0.4, 0.5) is 5.00 Å². The van der Waals surface area contributed by atoms with E-state index in [1.54, 1.807) is 23.5 Å². The summed E-state index contributed by atoms with van der Waals surface area (Å²) >= 11 is 8.87. The van der Waals surface area contributed by atoms with E-state index in [-0.39, 0.29) is 18.3 Å². The maximum atomic E-state index is 12.8. The number of nitrogens with one attached hydrogen (secondary N) is 1. The number of thiophene rings is 1. The molecule has 1 aliphatic carbocycles. The molecule has 0 aliphatic heterocycles. The number of nitriles is 1. The van der Waals surface area contributed by atoms with Gasteiger partial charge < -0.3 is 10.1 Å². The largest absolute Gasteiger partial charge is 0.485 e. The topological polar surface area (TPSA) is 92.8 Å². The van der Waals surface area contributed by atoms with Gasteiger partial charge in [-0.2, -0.15) is 5.26 Å². The fraction of sp³-hybridized carbons (Fsp3) is 0.385. The minimum absolute atomic E-state index is 0.153. The molecule has 1 aromatic carbocycles. The van der Waals surface area contributed by atoms with Gasteiger partial charge in [0.25, 0.3) is 0 Å². The molecule has 0 radical (unpaired) electrons. The minimum atomic E-state index is -0.173. The molecule has 2 heterocycles. The van der Waals surface area contributed by atoms with E-state index in [0.29, 0.717) is 33.1 Å². The van der Waals surface area contributed by atoms with Crippen LogP contribution in [-0.2, 0) is 30.8 Å². The van der Waals surface area contributed by atoms with Gasteiger partial charge in [-0.05, 0) is 61.9 Å². The van der Waals surface area contributed by atoms with Crippen molar-refractivity contribution in [2.45, 2.75) is 63.8 Å². The summed E-state index contributed by atoms with van der Waals surface area (Å²) in [5.41, 5.74) is 2.68. The molecule has 0 atom stereocenters. The van der Waals surface area contributed by atoms with Gasteiger partial charge in [-0.25, -0.2) is 0 Å². The quantitative estimate of drug-likeness (QED) is 0.251. The molecule has 7 nitrogen and oxygen atoms in total. The van der Waals surface area contributed by atoms with Crippen LogP contribution in [0.3, 0.4) is 0 Å². The molecule has 4 rings (SSSR count). The Bertz CT molecular complexity index is 1290. The van der Waals surface area contributed by atoms with Gasteiger partial charge in [-0.1, -0.05) is 42.3 Å². The van der Waals surface area contributed by atoms with Crippen molar-refractivity contribution < 1.29 is 9.53 Å². The zero-order valence-electron chi connectivity index (χ0n) is 20.2. The summed E-state index contributed by atoms with van der Waals surface area (Å²) in [4.78, 5) is 14.0. The summed E-state index contributed by atoms with van der Waals surface area (Å²) in [6, 6.07) is 7.78. The molecular formula is C26H28ClN5O2S2. The van der Waals surface area contributed by atoms with Crippen LogP contribution >= 0.6 is 34.7 Å². The first-order valence-corrected chi connectivity index (χ1v) is 14.1. The number of thioether (sulfide) groups is 1. The summed E-state index contributed by atoms with van der Waals surface area (Å²) in [6.45, 7) is 6.47. The smallest absolute Gasteiger partial charge is 0.235 e. The summed E-state index contributed by atoms with van der Waals surface area (Å²) < 4.78 is 7.81. The number of amides is 1. The van der Waals surface area contributed by atoms with Crippen molar-refractivity contribution in [3.63, 3.8) is 0 Å². The van der Waals surface area contributed by atoms with Crippen molar-refractivity contribution in [3.8, 4) is 11.8 Å². The molecule has 188 valence electrons. The number of fused-ring (bicyclic) bond motifs is 1. The third kappa shape index (κ3) is 6.30. The SMILES string of the molecule is C=CCn1c(COc2ccc(Cl)cc2C)nnc1SCC(=O)Nc1sc2c(c1C#N)CCCCCC2. The lowest BCUT2D eigenvalue weighted by Gasteiger charge is -2.11. The lowest BCUT2D eigenvalue weighted by atomic mass is 9.97. The van der Waals surface area contributed by atoms with Crippen LogP contribution < -0.4 is 10.1 Å². The lowest BCUT2D eigenvalue weighted by Crippen LogP contribution is -2.15. The molecule has 1 N–H and O–H groups in total. The van der Waals surface area contributed by atoms with Crippen molar-refractivity contribution in [1.82, 2.24) is 14.8 Å². The van der Waals surface area contributed by atoms with Gasteiger partial charge in [0.15, 0.2) is 11.0 Å². The van der Waals surface area contributed by atoms with Crippen molar-refractivity contribution in [2.24, 2.45) is 0 Å². The molecule has 0 saturated carbocycles. The Labute approximate surface area is 224 Å². The second kappa shape index (κ2) is 12.4. The molecular weight excluding hydrogens is 514 g/mol. The number of aryl methyl sites for hydroxylation is 2. The number of benzene rings is 1. The fourth-order valence-electron chi connectivity index (χ4n) is 4.18. The zero-order chi connectivity index (χ0) is 25.5. The lowest BCUT2D eigenvalue weighted by molar-refractivity contribution is -0.113. The van der Waals surface area contributed by atoms with Crippen LogP contribution in [0.15, 0.2) is 36.0 Å². The van der Waals surface area contributed by atoms with E-state index < -0.39 is 0 Å². The zero-order valence-corrected chi connectivity index (χ0v) is 22.6. The van der Waals surface area contributed by atoms with Crippen LogP contribution in [0.2, 0.25) is 5.02 Å². The average molecular weight is 542 g/mol. The standard InChI is InChI=1S/C26H28ClN5O2S2/c1-3-12-32-23(15-34-21-11-10-18(27)13-17(21)2)30-31-26(32)35-16-24(33)29-25-20(14-28)19-8-6-4-5-7-9-22(19)36-25/h3,10-11,13H,1,4-9,12,15-16H2,2H3,(H,29,33). The van der Waals surface area contributed by atoms with Gasteiger partial charge in [0.1, 0.15) is 23.4 Å². The van der Waals surface area contributed by atoms with Gasteiger partial charge in [0.2, 0.25) is 5.91 Å². The highest BCUT2D eigenvalue weighted by molar-refractivity contribution is 7.99. The number of carbonyl (C=O) groups excluding carboxylic acids is 1. The Morgan fingerprint density at radius 1 is 1.33 bits per heavy atom. The van der Waals surface area contributed by atoms with E-state index in [1.165, 1.54) is 29.5 Å². The number of hydrogen-bond acceptors (Lipinski definition) is 7. The third-order valence-electron chi connectivity index (χ3n) is 5.97. The average Bonchev–Trinajstić information content (AvgIpc) is 3.37. The number of carbonyl (C=O) groups is 1. The van der Waals surface area contributed by atoms with E-state index in [9.17, 15) is 10.1 Å². The van der Waals surface area contributed by atoms with Crippen LogP contribution in [0.1, 0.15) is 53.1 Å². The Balaban J connectivity index is 1.41. The molecule has 0 unspecified atom stereocenters. The molecule has 3 aromatic rings. The van der Waals surface area contributed by atoms with Gasteiger partial charge in [-0.3, -0.25) is 9.36 Å². The highest BCUT2D eigenvalue weighted by Gasteiger charge is 2.21. The van der Waals surface area contributed by atoms with Gasteiger partial charge >= 0.3 is 0 Å². The Kier molecular flexibility index (Phi) is 9.08. The summed E-state index contributed by atoms with van der Waals surface area (Å²) in [7, 11) is 0. The third-order valence-corrected chi connectivity index (χ3v) is 8.38. The normalized spacial score (nSPS) is 13.2. The maximum Gasteiger partial charge on any atom is 0.235 e. The number of nitrogens with zero attached hydrogens (tertiary/aromatic N) is 4. The molecule has 0 spiro atoms. The Morgan fingerprint density at radius 2 is 2.14 bits per heavy atom. The van der Waals surface area contributed by atoms with Crippen molar-refractivity contribution >= 4 is 45.6 Å². The first-order chi connectivity index (χ1) is 17.5. The van der Waals surface area contributed by atoms with Crippen LogP contribution in [0.25, 0.3) is 0 Å². The van der Waals surface area contributed by atoms with E-state index in [4.69, 9.17) is 16.3 Å². The molecule has 1 amide bonds. The molecule has 0 bridgehead atoms. The maximum absolute atomic E-state index is 12.8. The van der Waals surface area contributed by atoms with Crippen molar-refractivity contribution in [2.75, 3.05) is 11.1 Å². The van der Waals surface area contributed by atoms with E-state index in [2.05, 4.69) is 28.2 Å². The summed E-state index contributed by atoms with van der Waals surface area (Å²) in [5.74, 6) is 1.34. The van der Waals surface area contributed by atoms with Crippen LogP contribution in [0.5, 0.6) is 5.75 Å². The predicted octanol–water partition coefficient (Wildman–Crippen LogP) is 6.33. The van der Waals surface area contributed by atoms with E-state index in [1.807, 2.05) is 23.6 Å². The van der Waals surface area contributed by atoms with E-state index >= 15 is 0 Å². The highest BCUT2D eigenvalue weighted by atomic mass is 35.5. The first-order valence-electron chi connectivity index (χ1n) is 11.9. The number of aromatic nitrogens is 3. The van der Waals surface area contributed by atoms with Gasteiger partial charge in [-0.15, -0.1) is 28.1 Å². The minimum Gasteiger partial charge on any atom is -0.485 e. The molecule has 1 aliphatic rings. The van der Waals surface area contributed by atoms with E-state index in [0.717, 1.165) is 42.6 Å². The number of anilines is 1. The van der Waals surface area contributed by atoms with Crippen molar-refractivity contribution in [3.05, 3.63) is 63.3 Å². The summed E-state index contributed by atoms with van der Waals surface area (Å²) in [6.07, 6.45) is 8.26. The van der Waals surface area contributed by atoms with Crippen LogP contribution in [0, 0.1) is 18.3 Å². The second-order valence-corrected chi connectivity index (χ2v) is 11.1. The number of rotatable bonds is 9.